The molecule has 1 amide bonds. The lowest BCUT2D eigenvalue weighted by Gasteiger charge is -2.06. The quantitative estimate of drug-likeness (QED) is 0.728. The van der Waals surface area contributed by atoms with Gasteiger partial charge in [-0.3, -0.25) is 4.79 Å². The van der Waals surface area contributed by atoms with E-state index in [2.05, 4.69) is 10.6 Å². The summed E-state index contributed by atoms with van der Waals surface area (Å²) in [5, 5.41) is 5.65. The van der Waals surface area contributed by atoms with E-state index in [0.29, 0.717) is 25.1 Å². The average Bonchev–Trinajstić information content (AvgIpc) is 2.31. The van der Waals surface area contributed by atoms with Crippen molar-refractivity contribution in [2.24, 2.45) is 0 Å². The van der Waals surface area contributed by atoms with E-state index in [1.165, 1.54) is 12.1 Å². The van der Waals surface area contributed by atoms with Crippen LogP contribution in [0.2, 0.25) is 0 Å². The first-order valence-corrected chi connectivity index (χ1v) is 6.04. The highest BCUT2D eigenvalue weighted by Gasteiger charge is 2.02. The Bertz CT molecular complexity index is 376. The second-order valence-corrected chi connectivity index (χ2v) is 4.05. The van der Waals surface area contributed by atoms with Crippen LogP contribution in [0, 0.1) is 11.6 Å². The Morgan fingerprint density at radius 3 is 2.44 bits per heavy atom. The summed E-state index contributed by atoms with van der Waals surface area (Å²) in [7, 11) is 0. The highest BCUT2D eigenvalue weighted by Crippen LogP contribution is 2.07. The molecule has 0 aromatic heterocycles. The van der Waals surface area contributed by atoms with Crippen molar-refractivity contribution in [1.82, 2.24) is 10.6 Å². The molecule has 3 nitrogen and oxygen atoms in total. The van der Waals surface area contributed by atoms with Gasteiger partial charge in [0.15, 0.2) is 0 Å². The third-order valence-electron chi connectivity index (χ3n) is 2.37. The van der Waals surface area contributed by atoms with Gasteiger partial charge in [0.1, 0.15) is 11.6 Å². The molecule has 0 unspecified atom stereocenters. The van der Waals surface area contributed by atoms with Gasteiger partial charge in [0.05, 0.1) is 6.54 Å². The van der Waals surface area contributed by atoms with Crippen LogP contribution in [0.4, 0.5) is 8.78 Å². The van der Waals surface area contributed by atoms with Crippen LogP contribution in [0.15, 0.2) is 18.2 Å². The average molecular weight is 256 g/mol. The van der Waals surface area contributed by atoms with Gasteiger partial charge in [0.2, 0.25) is 5.91 Å². The third kappa shape index (κ3) is 5.72. The molecule has 5 heteroatoms. The van der Waals surface area contributed by atoms with Crippen molar-refractivity contribution in [2.45, 2.75) is 19.8 Å². The number of amides is 1. The van der Waals surface area contributed by atoms with Gasteiger partial charge in [-0.25, -0.2) is 8.78 Å². The van der Waals surface area contributed by atoms with Crippen molar-refractivity contribution >= 4 is 5.91 Å². The van der Waals surface area contributed by atoms with Crippen molar-refractivity contribution in [3.05, 3.63) is 35.4 Å². The smallest absolute Gasteiger partial charge is 0.233 e. The van der Waals surface area contributed by atoms with Crippen LogP contribution in [-0.2, 0) is 11.2 Å². The molecule has 2 N–H and O–H groups in total. The molecule has 0 heterocycles. The Labute approximate surface area is 106 Å². The molecule has 18 heavy (non-hydrogen) atoms. The Morgan fingerprint density at radius 2 is 1.83 bits per heavy atom. The van der Waals surface area contributed by atoms with Crippen LogP contribution in [0.3, 0.4) is 0 Å². The van der Waals surface area contributed by atoms with Crippen LogP contribution in [-0.4, -0.2) is 25.5 Å². The molecule has 0 aliphatic heterocycles. The number of halogens is 2. The fourth-order valence-corrected chi connectivity index (χ4v) is 1.52. The maximum Gasteiger partial charge on any atom is 0.233 e. The number of rotatable bonds is 7. The molecule has 0 saturated heterocycles. The van der Waals surface area contributed by atoms with E-state index in [-0.39, 0.29) is 12.5 Å². The highest BCUT2D eigenvalue weighted by atomic mass is 19.1. The summed E-state index contributed by atoms with van der Waals surface area (Å²) in [5.41, 5.74) is 0.578. The van der Waals surface area contributed by atoms with Crippen molar-refractivity contribution < 1.29 is 13.6 Å². The summed E-state index contributed by atoms with van der Waals surface area (Å²) in [6.07, 6.45) is 1.38. The second kappa shape index (κ2) is 7.76. The summed E-state index contributed by atoms with van der Waals surface area (Å²) in [6.45, 7) is 3.36. The Morgan fingerprint density at radius 1 is 1.17 bits per heavy atom. The Kier molecular flexibility index (Phi) is 6.28. The number of carbonyl (C=O) groups excluding carboxylic acids is 1. The first-order chi connectivity index (χ1) is 8.61. The van der Waals surface area contributed by atoms with Crippen molar-refractivity contribution in [1.29, 1.82) is 0 Å². The lowest BCUT2D eigenvalue weighted by atomic mass is 10.1. The lowest BCUT2D eigenvalue weighted by molar-refractivity contribution is -0.120. The molecule has 1 aromatic rings. The standard InChI is InChI=1S/C13H18F2N2O/c1-2-4-17-13(18)9-16-5-3-10-6-11(14)8-12(15)7-10/h6-8,16H,2-5,9H2,1H3,(H,17,18). The van der Waals surface area contributed by atoms with Gasteiger partial charge in [-0.05, 0) is 37.1 Å². The molecule has 100 valence electrons. The fourth-order valence-electron chi connectivity index (χ4n) is 1.52. The minimum absolute atomic E-state index is 0.0673. The van der Waals surface area contributed by atoms with Gasteiger partial charge < -0.3 is 10.6 Å². The van der Waals surface area contributed by atoms with Gasteiger partial charge in [0, 0.05) is 12.6 Å². The van der Waals surface area contributed by atoms with Gasteiger partial charge in [-0.15, -0.1) is 0 Å². The number of hydrogen-bond donors (Lipinski definition) is 2. The molecule has 1 rings (SSSR count). The zero-order chi connectivity index (χ0) is 13.4. The summed E-state index contributed by atoms with van der Waals surface area (Å²) in [6, 6.07) is 3.43. The van der Waals surface area contributed by atoms with Gasteiger partial charge in [-0.2, -0.15) is 0 Å². The summed E-state index contributed by atoms with van der Waals surface area (Å²) >= 11 is 0. The molecule has 0 saturated carbocycles. The molecule has 0 aliphatic rings. The minimum Gasteiger partial charge on any atom is -0.355 e. The van der Waals surface area contributed by atoms with Crippen LogP contribution in [0.5, 0.6) is 0 Å². The van der Waals surface area contributed by atoms with Crippen LogP contribution >= 0.6 is 0 Å². The van der Waals surface area contributed by atoms with E-state index in [0.717, 1.165) is 12.5 Å². The van der Waals surface area contributed by atoms with Crippen LogP contribution in [0.1, 0.15) is 18.9 Å². The van der Waals surface area contributed by atoms with Gasteiger partial charge >= 0.3 is 0 Å². The Balaban J connectivity index is 2.23. The molecule has 0 spiro atoms. The first kappa shape index (κ1) is 14.6. The molecule has 0 aliphatic carbocycles. The predicted molar refractivity (Wildman–Crippen MR) is 66.2 cm³/mol. The maximum atomic E-state index is 12.9. The minimum atomic E-state index is -0.578. The van der Waals surface area contributed by atoms with Crippen molar-refractivity contribution in [2.75, 3.05) is 19.6 Å². The van der Waals surface area contributed by atoms with E-state index in [9.17, 15) is 13.6 Å². The van der Waals surface area contributed by atoms with Crippen LogP contribution < -0.4 is 10.6 Å². The van der Waals surface area contributed by atoms with Crippen LogP contribution in [0.25, 0.3) is 0 Å². The summed E-state index contributed by atoms with van der Waals surface area (Å²) < 4.78 is 25.8. The normalized spacial score (nSPS) is 10.4. The van der Waals surface area contributed by atoms with Gasteiger partial charge in [-0.1, -0.05) is 6.92 Å². The zero-order valence-corrected chi connectivity index (χ0v) is 10.4. The van der Waals surface area contributed by atoms with E-state index >= 15 is 0 Å². The third-order valence-corrected chi connectivity index (χ3v) is 2.37. The molecule has 0 radical (unpaired) electrons. The second-order valence-electron chi connectivity index (χ2n) is 4.05. The molecule has 0 atom stereocenters. The zero-order valence-electron chi connectivity index (χ0n) is 10.4. The largest absolute Gasteiger partial charge is 0.355 e. The number of carbonyl (C=O) groups is 1. The lowest BCUT2D eigenvalue weighted by Crippen LogP contribution is -2.35. The van der Waals surface area contributed by atoms with E-state index in [1.807, 2.05) is 6.92 Å². The van der Waals surface area contributed by atoms with E-state index < -0.39 is 11.6 Å². The number of nitrogens with one attached hydrogen (secondary N) is 2. The topological polar surface area (TPSA) is 41.1 Å². The van der Waals surface area contributed by atoms with E-state index in [1.54, 1.807) is 0 Å². The molecular weight excluding hydrogens is 238 g/mol. The Hall–Kier alpha value is -1.49. The maximum absolute atomic E-state index is 12.9. The summed E-state index contributed by atoms with van der Waals surface area (Å²) in [4.78, 5) is 11.2. The monoisotopic (exact) mass is 256 g/mol. The van der Waals surface area contributed by atoms with Crippen molar-refractivity contribution in [3.63, 3.8) is 0 Å². The van der Waals surface area contributed by atoms with Crippen molar-refractivity contribution in [3.8, 4) is 0 Å². The SMILES string of the molecule is CCCNC(=O)CNCCc1cc(F)cc(F)c1. The number of hydrogen-bond acceptors (Lipinski definition) is 2. The van der Waals surface area contributed by atoms with E-state index in [4.69, 9.17) is 0 Å². The van der Waals surface area contributed by atoms with Gasteiger partial charge in [0.25, 0.3) is 0 Å². The highest BCUT2D eigenvalue weighted by molar-refractivity contribution is 5.77. The first-order valence-electron chi connectivity index (χ1n) is 6.04. The molecule has 0 bridgehead atoms. The fraction of sp³-hybridized carbons (Fsp3) is 0.462. The molecule has 1 aromatic carbocycles. The summed E-state index contributed by atoms with van der Waals surface area (Å²) in [5.74, 6) is -1.22. The number of benzene rings is 1. The predicted octanol–water partition coefficient (Wildman–Crippen LogP) is 1.62. The molecular formula is C13H18F2N2O. The molecule has 0 fully saturated rings.